The number of hydrogen-bond acceptors (Lipinski definition) is 2. The minimum atomic E-state index is -0.208. The van der Waals surface area contributed by atoms with Crippen molar-refractivity contribution < 1.29 is 4.79 Å². The van der Waals surface area contributed by atoms with Crippen molar-refractivity contribution in [3.8, 4) is 0 Å². The highest BCUT2D eigenvalue weighted by Crippen LogP contribution is 2.12. The maximum atomic E-state index is 12.1. The lowest BCUT2D eigenvalue weighted by Crippen LogP contribution is -2.20. The maximum absolute atomic E-state index is 12.1. The lowest BCUT2D eigenvalue weighted by Gasteiger charge is -2.06. The molecule has 4 heteroatoms. The highest BCUT2D eigenvalue weighted by Gasteiger charge is 2.06. The molecule has 0 spiro atoms. The quantitative estimate of drug-likeness (QED) is 0.634. The summed E-state index contributed by atoms with van der Waals surface area (Å²) in [5.74, 6) is -0.208. The molecule has 0 bridgehead atoms. The topological polar surface area (TPSA) is 41.5 Å². The van der Waals surface area contributed by atoms with E-state index in [0.717, 1.165) is 28.6 Å². The Labute approximate surface area is 133 Å². The van der Waals surface area contributed by atoms with Gasteiger partial charge >= 0.3 is 0 Å². The van der Waals surface area contributed by atoms with Gasteiger partial charge in [-0.15, -0.1) is 0 Å². The monoisotopic (exact) mass is 344 g/mol. The Hall–Kier alpha value is -1.94. The molecule has 0 aliphatic rings. The number of amides is 1. The Bertz CT molecular complexity index is 638. The highest BCUT2D eigenvalue weighted by atomic mass is 79.9. The fourth-order valence-corrected chi connectivity index (χ4v) is 2.34. The highest BCUT2D eigenvalue weighted by molar-refractivity contribution is 9.10. The van der Waals surface area contributed by atoms with Gasteiger partial charge in [-0.05, 0) is 30.2 Å². The van der Waals surface area contributed by atoms with Crippen LogP contribution in [0.25, 0.3) is 0 Å². The smallest absolute Gasteiger partial charge is 0.267 e. The van der Waals surface area contributed by atoms with Crippen molar-refractivity contribution in [2.24, 2.45) is 5.10 Å². The summed E-state index contributed by atoms with van der Waals surface area (Å²) in [6, 6.07) is 17.1. The van der Waals surface area contributed by atoms with Crippen LogP contribution in [0.2, 0.25) is 0 Å². The summed E-state index contributed by atoms with van der Waals surface area (Å²) in [4.78, 5) is 12.1. The third-order valence-electron chi connectivity index (χ3n) is 2.97. The van der Waals surface area contributed by atoms with Crippen molar-refractivity contribution in [1.29, 1.82) is 0 Å². The Morgan fingerprint density at radius 2 is 1.81 bits per heavy atom. The molecule has 108 valence electrons. The lowest BCUT2D eigenvalue weighted by atomic mass is 10.1. The molecule has 0 aromatic heterocycles. The first kappa shape index (κ1) is 15.4. The van der Waals surface area contributed by atoms with E-state index in [-0.39, 0.29) is 5.91 Å². The molecule has 21 heavy (non-hydrogen) atoms. The van der Waals surface area contributed by atoms with Crippen LogP contribution < -0.4 is 5.43 Å². The second kappa shape index (κ2) is 7.74. The number of hydrazone groups is 1. The Morgan fingerprint density at radius 1 is 1.10 bits per heavy atom. The van der Waals surface area contributed by atoms with Gasteiger partial charge in [0, 0.05) is 10.0 Å². The number of carbonyl (C=O) groups is 1. The number of hydrogen-bond donors (Lipinski definition) is 1. The first-order chi connectivity index (χ1) is 10.2. The summed E-state index contributed by atoms with van der Waals surface area (Å²) >= 11 is 3.36. The molecule has 2 rings (SSSR count). The van der Waals surface area contributed by atoms with Crippen LogP contribution in [-0.4, -0.2) is 11.6 Å². The van der Waals surface area contributed by atoms with Crippen LogP contribution in [-0.2, 0) is 0 Å². The Balaban J connectivity index is 2.15. The predicted octanol–water partition coefficient (Wildman–Crippen LogP) is 4.38. The van der Waals surface area contributed by atoms with Crippen LogP contribution in [0.1, 0.15) is 35.7 Å². The Morgan fingerprint density at radius 3 is 2.48 bits per heavy atom. The second-order valence-corrected chi connectivity index (χ2v) is 5.54. The number of carbonyl (C=O) groups excluding carboxylic acids is 1. The molecule has 0 aliphatic carbocycles. The number of nitrogens with one attached hydrogen (secondary N) is 1. The van der Waals surface area contributed by atoms with E-state index < -0.39 is 0 Å². The first-order valence-corrected chi connectivity index (χ1v) is 7.68. The molecule has 0 unspecified atom stereocenters. The predicted molar refractivity (Wildman–Crippen MR) is 89.5 cm³/mol. The number of benzene rings is 2. The van der Waals surface area contributed by atoms with E-state index in [2.05, 4.69) is 33.4 Å². The van der Waals surface area contributed by atoms with Crippen LogP contribution in [0.3, 0.4) is 0 Å². The van der Waals surface area contributed by atoms with Crippen LogP contribution >= 0.6 is 15.9 Å². The normalized spacial score (nSPS) is 11.2. The van der Waals surface area contributed by atoms with Gasteiger partial charge in [-0.25, -0.2) is 5.43 Å². The van der Waals surface area contributed by atoms with Crippen LogP contribution in [0.15, 0.2) is 64.2 Å². The number of halogens is 1. The van der Waals surface area contributed by atoms with Gasteiger partial charge in [0.1, 0.15) is 0 Å². The van der Waals surface area contributed by atoms with Crippen LogP contribution in [0, 0.1) is 0 Å². The zero-order chi connectivity index (χ0) is 15.1. The molecule has 0 radical (unpaired) electrons. The first-order valence-electron chi connectivity index (χ1n) is 6.88. The SMILES string of the molecule is CCC/C(=N\NC(=O)c1cccc(Br)c1)c1ccccc1. The number of nitrogens with zero attached hydrogens (tertiary/aromatic N) is 1. The molecule has 3 nitrogen and oxygen atoms in total. The molecular formula is C17H17BrN2O. The molecule has 1 amide bonds. The average Bonchev–Trinajstić information content (AvgIpc) is 2.52. The molecular weight excluding hydrogens is 328 g/mol. The molecule has 0 saturated carbocycles. The summed E-state index contributed by atoms with van der Waals surface area (Å²) < 4.78 is 0.871. The minimum Gasteiger partial charge on any atom is -0.267 e. The van der Waals surface area contributed by atoms with E-state index in [1.807, 2.05) is 42.5 Å². The lowest BCUT2D eigenvalue weighted by molar-refractivity contribution is 0.0954. The molecule has 1 N–H and O–H groups in total. The van der Waals surface area contributed by atoms with Gasteiger partial charge < -0.3 is 0 Å². The van der Waals surface area contributed by atoms with Crippen molar-refractivity contribution in [2.75, 3.05) is 0 Å². The van der Waals surface area contributed by atoms with Gasteiger partial charge in [-0.1, -0.05) is 65.7 Å². The van der Waals surface area contributed by atoms with Crippen molar-refractivity contribution in [2.45, 2.75) is 19.8 Å². The summed E-state index contributed by atoms with van der Waals surface area (Å²) in [6.07, 6.45) is 1.79. The standard InChI is InChI=1S/C17H17BrN2O/c1-2-7-16(13-8-4-3-5-9-13)19-20-17(21)14-10-6-11-15(18)12-14/h3-6,8-12H,2,7H2,1H3,(H,20,21)/b19-16+. The van der Waals surface area contributed by atoms with Crippen molar-refractivity contribution >= 4 is 27.5 Å². The van der Waals surface area contributed by atoms with Gasteiger partial charge in [0.15, 0.2) is 0 Å². The summed E-state index contributed by atoms with van der Waals surface area (Å²) in [6.45, 7) is 2.09. The fraction of sp³-hybridized carbons (Fsp3) is 0.176. The number of rotatable bonds is 5. The Kier molecular flexibility index (Phi) is 5.69. The van der Waals surface area contributed by atoms with E-state index in [1.54, 1.807) is 12.1 Å². The molecule has 0 fully saturated rings. The van der Waals surface area contributed by atoms with Crippen LogP contribution in [0.4, 0.5) is 0 Å². The van der Waals surface area contributed by atoms with E-state index in [4.69, 9.17) is 0 Å². The van der Waals surface area contributed by atoms with E-state index in [1.165, 1.54) is 0 Å². The van der Waals surface area contributed by atoms with Crippen molar-refractivity contribution in [3.63, 3.8) is 0 Å². The molecule has 2 aromatic carbocycles. The van der Waals surface area contributed by atoms with Gasteiger partial charge in [0.2, 0.25) is 0 Å². The molecule has 0 saturated heterocycles. The maximum Gasteiger partial charge on any atom is 0.271 e. The van der Waals surface area contributed by atoms with Gasteiger partial charge in [-0.3, -0.25) is 4.79 Å². The van der Waals surface area contributed by atoms with E-state index in [0.29, 0.717) is 5.56 Å². The molecule has 2 aromatic rings. The van der Waals surface area contributed by atoms with Gasteiger partial charge in [-0.2, -0.15) is 5.10 Å². The third-order valence-corrected chi connectivity index (χ3v) is 3.47. The van der Waals surface area contributed by atoms with Gasteiger partial charge in [0.25, 0.3) is 5.91 Å². The van der Waals surface area contributed by atoms with Crippen molar-refractivity contribution in [3.05, 3.63) is 70.2 Å². The second-order valence-electron chi connectivity index (χ2n) is 4.63. The zero-order valence-corrected chi connectivity index (χ0v) is 13.4. The molecule has 0 aliphatic heterocycles. The van der Waals surface area contributed by atoms with E-state index >= 15 is 0 Å². The molecule has 0 heterocycles. The van der Waals surface area contributed by atoms with Crippen molar-refractivity contribution in [1.82, 2.24) is 5.43 Å². The molecule has 0 atom stereocenters. The van der Waals surface area contributed by atoms with Crippen LogP contribution in [0.5, 0.6) is 0 Å². The summed E-state index contributed by atoms with van der Waals surface area (Å²) in [7, 11) is 0. The fourth-order valence-electron chi connectivity index (χ4n) is 1.94. The summed E-state index contributed by atoms with van der Waals surface area (Å²) in [5, 5.41) is 4.29. The minimum absolute atomic E-state index is 0.208. The third kappa shape index (κ3) is 4.53. The largest absolute Gasteiger partial charge is 0.271 e. The zero-order valence-electron chi connectivity index (χ0n) is 11.8. The van der Waals surface area contributed by atoms with Gasteiger partial charge in [0.05, 0.1) is 5.71 Å². The summed E-state index contributed by atoms with van der Waals surface area (Å²) in [5.41, 5.74) is 5.14. The average molecular weight is 345 g/mol. The van der Waals surface area contributed by atoms with E-state index in [9.17, 15) is 4.79 Å².